The van der Waals surface area contributed by atoms with Crippen molar-refractivity contribution in [3.63, 3.8) is 0 Å². The fourth-order valence-corrected chi connectivity index (χ4v) is 4.93. The molecule has 0 saturated heterocycles. The first-order valence-electron chi connectivity index (χ1n) is 11.4. The first-order chi connectivity index (χ1) is 16.4. The molecule has 0 radical (unpaired) electrons. The lowest BCUT2D eigenvalue weighted by molar-refractivity contribution is 0.0755. The molecule has 1 fully saturated rings. The van der Waals surface area contributed by atoms with Gasteiger partial charge in [-0.3, -0.25) is 14.6 Å². The second-order valence-electron chi connectivity index (χ2n) is 8.87. The monoisotopic (exact) mass is 472 g/mol. The molecule has 4 aromatic rings. The van der Waals surface area contributed by atoms with Crippen LogP contribution in [-0.4, -0.2) is 33.2 Å². The van der Waals surface area contributed by atoms with Crippen LogP contribution in [0.5, 0.6) is 0 Å². The summed E-state index contributed by atoms with van der Waals surface area (Å²) < 4.78 is 0. The summed E-state index contributed by atoms with van der Waals surface area (Å²) in [6.45, 7) is 0. The van der Waals surface area contributed by atoms with Crippen molar-refractivity contribution in [1.29, 1.82) is 0 Å². The number of amides is 1. The number of aromatic nitrogens is 2. The van der Waals surface area contributed by atoms with Gasteiger partial charge in [-0.25, -0.2) is 0 Å². The molecule has 2 aromatic heterocycles. The predicted octanol–water partition coefficient (Wildman–Crippen LogP) is 5.14. The van der Waals surface area contributed by atoms with Crippen LogP contribution in [0.25, 0.3) is 22.0 Å². The fraction of sp³-hybridized carbons (Fsp3) is 0.222. The highest BCUT2D eigenvalue weighted by Gasteiger charge is 2.45. The van der Waals surface area contributed by atoms with Crippen LogP contribution in [0.15, 0.2) is 73.1 Å². The topological polar surface area (TPSA) is 101 Å². The number of benzene rings is 2. The molecule has 172 valence electrons. The van der Waals surface area contributed by atoms with Gasteiger partial charge in [0.05, 0.1) is 11.7 Å². The molecule has 7 heteroatoms. The van der Waals surface area contributed by atoms with E-state index in [9.17, 15) is 9.59 Å². The molecule has 34 heavy (non-hydrogen) atoms. The van der Waals surface area contributed by atoms with E-state index in [0.717, 1.165) is 34.9 Å². The molecule has 2 atom stereocenters. The SMILES string of the molecule is NC1(C(=O)c2cc3cc(Cl)ccc3[nH]2)CCCCC1NC(=O)c1ccc(-c2ccncc2)cc1. The molecule has 0 bridgehead atoms. The van der Waals surface area contributed by atoms with Crippen LogP contribution >= 0.6 is 11.6 Å². The summed E-state index contributed by atoms with van der Waals surface area (Å²) in [5, 5.41) is 4.50. The van der Waals surface area contributed by atoms with E-state index in [2.05, 4.69) is 15.3 Å². The lowest BCUT2D eigenvalue weighted by atomic mass is 9.74. The summed E-state index contributed by atoms with van der Waals surface area (Å²) in [4.78, 5) is 33.8. The van der Waals surface area contributed by atoms with Crippen molar-refractivity contribution in [1.82, 2.24) is 15.3 Å². The highest BCUT2D eigenvalue weighted by molar-refractivity contribution is 6.31. The molecule has 2 unspecified atom stereocenters. The molecule has 5 rings (SSSR count). The van der Waals surface area contributed by atoms with Gasteiger partial charge in [-0.2, -0.15) is 0 Å². The van der Waals surface area contributed by atoms with E-state index in [-0.39, 0.29) is 11.7 Å². The summed E-state index contributed by atoms with van der Waals surface area (Å²) in [6.07, 6.45) is 6.36. The molecule has 2 heterocycles. The van der Waals surface area contributed by atoms with Gasteiger partial charge in [0.15, 0.2) is 0 Å². The van der Waals surface area contributed by atoms with Crippen LogP contribution in [0, 0.1) is 0 Å². The van der Waals surface area contributed by atoms with E-state index >= 15 is 0 Å². The Morgan fingerprint density at radius 1 is 1.00 bits per heavy atom. The van der Waals surface area contributed by atoms with E-state index in [1.807, 2.05) is 36.4 Å². The van der Waals surface area contributed by atoms with Gasteiger partial charge in [-0.05, 0) is 72.5 Å². The van der Waals surface area contributed by atoms with Crippen LogP contribution in [0.3, 0.4) is 0 Å². The first kappa shape index (κ1) is 22.3. The van der Waals surface area contributed by atoms with E-state index in [1.165, 1.54) is 0 Å². The Morgan fingerprint density at radius 2 is 1.74 bits per heavy atom. The van der Waals surface area contributed by atoms with Crippen LogP contribution < -0.4 is 11.1 Å². The Bertz CT molecular complexity index is 1350. The Kier molecular flexibility index (Phi) is 5.94. The zero-order chi connectivity index (χ0) is 23.7. The summed E-state index contributed by atoms with van der Waals surface area (Å²) in [5.74, 6) is -0.433. The van der Waals surface area contributed by atoms with Gasteiger partial charge >= 0.3 is 0 Å². The third kappa shape index (κ3) is 4.22. The minimum Gasteiger partial charge on any atom is -0.352 e. The highest BCUT2D eigenvalue weighted by atomic mass is 35.5. The Morgan fingerprint density at radius 3 is 2.50 bits per heavy atom. The zero-order valence-corrected chi connectivity index (χ0v) is 19.3. The van der Waals surface area contributed by atoms with Gasteiger partial charge in [-0.15, -0.1) is 0 Å². The van der Waals surface area contributed by atoms with Crippen LogP contribution in [-0.2, 0) is 0 Å². The number of carbonyl (C=O) groups excluding carboxylic acids is 2. The molecule has 1 saturated carbocycles. The van der Waals surface area contributed by atoms with Crippen molar-refractivity contribution in [2.45, 2.75) is 37.3 Å². The maximum Gasteiger partial charge on any atom is 0.251 e. The lowest BCUT2D eigenvalue weighted by Crippen LogP contribution is -2.64. The van der Waals surface area contributed by atoms with E-state index < -0.39 is 11.6 Å². The smallest absolute Gasteiger partial charge is 0.251 e. The van der Waals surface area contributed by atoms with Crippen molar-refractivity contribution >= 4 is 34.2 Å². The van der Waals surface area contributed by atoms with Crippen molar-refractivity contribution < 1.29 is 9.59 Å². The second-order valence-corrected chi connectivity index (χ2v) is 9.31. The van der Waals surface area contributed by atoms with Gasteiger partial charge in [0.1, 0.15) is 5.54 Å². The average Bonchev–Trinajstić information content (AvgIpc) is 3.28. The minimum atomic E-state index is -1.18. The standard InChI is InChI=1S/C27H25ClN4O2/c28-21-8-9-22-20(15-21)16-23(31-22)25(33)27(29)12-2-1-3-24(27)32-26(34)19-6-4-17(5-7-19)18-10-13-30-14-11-18/h4-11,13-16,24,31H,1-3,12,29H2,(H,32,34). The summed E-state index contributed by atoms with van der Waals surface area (Å²) in [6, 6.07) is 18.0. The molecule has 2 aromatic carbocycles. The quantitative estimate of drug-likeness (QED) is 0.350. The normalized spacial score (nSPS) is 20.2. The third-order valence-electron chi connectivity index (χ3n) is 6.67. The number of rotatable bonds is 5. The molecule has 0 aliphatic heterocycles. The van der Waals surface area contributed by atoms with Crippen molar-refractivity contribution in [2.75, 3.05) is 0 Å². The number of nitrogens with one attached hydrogen (secondary N) is 2. The number of aromatic amines is 1. The van der Waals surface area contributed by atoms with Gasteiger partial charge in [0.2, 0.25) is 5.78 Å². The fourth-order valence-electron chi connectivity index (χ4n) is 4.75. The summed E-state index contributed by atoms with van der Waals surface area (Å²) in [5.41, 5.74) is 9.36. The predicted molar refractivity (Wildman–Crippen MR) is 134 cm³/mol. The molecular weight excluding hydrogens is 448 g/mol. The van der Waals surface area contributed by atoms with Gasteiger partial charge in [0.25, 0.3) is 5.91 Å². The molecule has 1 amide bonds. The number of nitrogens with two attached hydrogens (primary N) is 1. The Labute approximate surface area is 202 Å². The van der Waals surface area contributed by atoms with Gasteiger partial charge in [-0.1, -0.05) is 36.6 Å². The highest BCUT2D eigenvalue weighted by Crippen LogP contribution is 2.31. The number of pyridine rings is 1. The number of hydrogen-bond acceptors (Lipinski definition) is 4. The molecular formula is C27H25ClN4O2. The van der Waals surface area contributed by atoms with Gasteiger partial charge < -0.3 is 16.0 Å². The zero-order valence-electron chi connectivity index (χ0n) is 18.6. The third-order valence-corrected chi connectivity index (χ3v) is 6.91. The van der Waals surface area contributed by atoms with Crippen LogP contribution in [0.4, 0.5) is 0 Å². The summed E-state index contributed by atoms with van der Waals surface area (Å²) >= 11 is 6.09. The average molecular weight is 473 g/mol. The van der Waals surface area contributed by atoms with Crippen LogP contribution in [0.1, 0.15) is 46.5 Å². The Hall–Kier alpha value is -3.48. The molecule has 1 aliphatic carbocycles. The maximum absolute atomic E-state index is 13.6. The number of carbonyl (C=O) groups is 2. The van der Waals surface area contributed by atoms with Crippen LogP contribution in [0.2, 0.25) is 5.02 Å². The lowest BCUT2D eigenvalue weighted by Gasteiger charge is -2.40. The van der Waals surface area contributed by atoms with E-state index in [4.69, 9.17) is 17.3 Å². The van der Waals surface area contributed by atoms with E-state index in [0.29, 0.717) is 29.1 Å². The number of fused-ring (bicyclic) bond motifs is 1. The second kappa shape index (κ2) is 9.05. The molecule has 4 N–H and O–H groups in total. The van der Waals surface area contributed by atoms with Crippen molar-refractivity contribution in [3.8, 4) is 11.1 Å². The molecule has 1 aliphatic rings. The number of hydrogen-bond donors (Lipinski definition) is 3. The minimum absolute atomic E-state index is 0.196. The maximum atomic E-state index is 13.6. The van der Waals surface area contributed by atoms with Crippen molar-refractivity contribution in [3.05, 3.63) is 89.3 Å². The number of nitrogens with zero attached hydrogens (tertiary/aromatic N) is 1. The van der Waals surface area contributed by atoms with Gasteiger partial charge in [0, 0.05) is 33.9 Å². The Balaban J connectivity index is 1.36. The first-order valence-corrected chi connectivity index (χ1v) is 11.8. The largest absolute Gasteiger partial charge is 0.352 e. The molecule has 0 spiro atoms. The number of halogens is 1. The number of Topliss-reactive ketones (excluding diaryl/α,β-unsaturated/α-hetero) is 1. The van der Waals surface area contributed by atoms with Crippen molar-refractivity contribution in [2.24, 2.45) is 5.73 Å². The summed E-state index contributed by atoms with van der Waals surface area (Å²) in [7, 11) is 0. The number of H-pyrrole nitrogens is 1. The van der Waals surface area contributed by atoms with E-state index in [1.54, 1.807) is 36.7 Å². The number of ketones is 1. The molecule has 6 nitrogen and oxygen atoms in total.